The van der Waals surface area contributed by atoms with Crippen LogP contribution in [-0.4, -0.2) is 23.3 Å². The van der Waals surface area contributed by atoms with Crippen LogP contribution in [0.5, 0.6) is 11.5 Å². The molecule has 2 atom stereocenters. The number of likely N-dealkylation sites (N-methyl/N-ethyl adjacent to an activating group) is 1. The molecule has 0 aliphatic heterocycles. The van der Waals surface area contributed by atoms with Gasteiger partial charge in [-0.3, -0.25) is 0 Å². The van der Waals surface area contributed by atoms with Gasteiger partial charge in [-0.1, -0.05) is 50.5 Å². The maximum absolute atomic E-state index is 10.7. The molecule has 3 nitrogen and oxygen atoms in total. The minimum absolute atomic E-state index is 0.0143. The predicted octanol–water partition coefficient (Wildman–Crippen LogP) is 5.44. The first-order chi connectivity index (χ1) is 12.5. The van der Waals surface area contributed by atoms with Crippen molar-refractivity contribution >= 4 is 0 Å². The van der Waals surface area contributed by atoms with E-state index in [1.807, 2.05) is 12.1 Å². The van der Waals surface area contributed by atoms with Gasteiger partial charge in [0.25, 0.3) is 0 Å². The van der Waals surface area contributed by atoms with E-state index in [4.69, 9.17) is 0 Å². The molecule has 1 aliphatic carbocycles. The van der Waals surface area contributed by atoms with Gasteiger partial charge in [0.1, 0.15) is 11.5 Å². The fourth-order valence-corrected chi connectivity index (χ4v) is 3.97. The van der Waals surface area contributed by atoms with Gasteiger partial charge >= 0.3 is 0 Å². The Morgan fingerprint density at radius 2 is 1.88 bits per heavy atom. The van der Waals surface area contributed by atoms with E-state index in [9.17, 15) is 10.2 Å². The average Bonchev–Trinajstić information content (AvgIpc) is 2.59. The van der Waals surface area contributed by atoms with Crippen LogP contribution in [0.3, 0.4) is 0 Å². The first kappa shape index (κ1) is 20.6. The molecule has 26 heavy (non-hydrogen) atoms. The highest BCUT2D eigenvalue weighted by atomic mass is 16.3. The molecule has 0 fully saturated rings. The van der Waals surface area contributed by atoms with Crippen molar-refractivity contribution in [3.05, 3.63) is 47.1 Å². The normalized spacial score (nSPS) is 20.0. The molecule has 2 unspecified atom stereocenters. The van der Waals surface area contributed by atoms with Crippen LogP contribution in [0.1, 0.15) is 69.9 Å². The standard InChI is InChI=1S/C23H35NO2/c1-5-7-8-9-18-13-21(25)23(22(26)14-18)20-12-16(3)10-11-19(20)17(4)15-24-6-2/h12-14,19-20,24-26H,4-11,15H2,1-3H3. The monoisotopic (exact) mass is 357 g/mol. The van der Waals surface area contributed by atoms with Crippen LogP contribution in [-0.2, 0) is 6.42 Å². The number of allylic oxidation sites excluding steroid dienone is 2. The zero-order chi connectivity index (χ0) is 19.1. The van der Waals surface area contributed by atoms with Crippen molar-refractivity contribution in [1.29, 1.82) is 0 Å². The molecule has 3 N–H and O–H groups in total. The van der Waals surface area contributed by atoms with Crippen molar-refractivity contribution in [2.45, 2.75) is 65.2 Å². The summed E-state index contributed by atoms with van der Waals surface area (Å²) in [5, 5.41) is 24.8. The van der Waals surface area contributed by atoms with Gasteiger partial charge in [0.15, 0.2) is 0 Å². The Balaban J connectivity index is 2.30. The fraction of sp³-hybridized carbons (Fsp3) is 0.565. The van der Waals surface area contributed by atoms with Gasteiger partial charge in [0.05, 0.1) is 0 Å². The van der Waals surface area contributed by atoms with Crippen molar-refractivity contribution in [3.8, 4) is 11.5 Å². The molecular formula is C23H35NO2. The van der Waals surface area contributed by atoms with Crippen molar-refractivity contribution < 1.29 is 10.2 Å². The smallest absolute Gasteiger partial charge is 0.123 e. The summed E-state index contributed by atoms with van der Waals surface area (Å²) in [6.07, 6.45) is 8.57. The number of benzene rings is 1. The SMILES string of the molecule is C=C(CNCC)C1CCC(C)=CC1c1c(O)cc(CCCCC)cc1O. The average molecular weight is 358 g/mol. The molecule has 0 amide bonds. The minimum Gasteiger partial charge on any atom is -0.507 e. The van der Waals surface area contributed by atoms with Crippen LogP contribution in [0, 0.1) is 5.92 Å². The minimum atomic E-state index is -0.0143. The third-order valence-corrected chi connectivity index (χ3v) is 5.47. The van der Waals surface area contributed by atoms with Crippen LogP contribution >= 0.6 is 0 Å². The molecule has 0 saturated carbocycles. The number of hydrogen-bond acceptors (Lipinski definition) is 3. The summed E-state index contributed by atoms with van der Waals surface area (Å²) in [6, 6.07) is 3.68. The zero-order valence-electron chi connectivity index (χ0n) is 16.6. The van der Waals surface area contributed by atoms with Crippen molar-refractivity contribution in [2.75, 3.05) is 13.1 Å². The number of unbranched alkanes of at least 4 members (excludes halogenated alkanes) is 2. The van der Waals surface area contributed by atoms with E-state index >= 15 is 0 Å². The first-order valence-corrected chi connectivity index (χ1v) is 10.1. The number of aromatic hydroxyl groups is 2. The number of phenols is 2. The summed E-state index contributed by atoms with van der Waals surface area (Å²) >= 11 is 0. The molecular weight excluding hydrogens is 322 g/mol. The highest BCUT2D eigenvalue weighted by Gasteiger charge is 2.31. The molecule has 1 aliphatic rings. The van der Waals surface area contributed by atoms with Crippen LogP contribution in [0.25, 0.3) is 0 Å². The Labute approximate surface area is 158 Å². The molecule has 0 radical (unpaired) electrons. The van der Waals surface area contributed by atoms with Gasteiger partial charge in [-0.05, 0) is 62.8 Å². The predicted molar refractivity (Wildman–Crippen MR) is 110 cm³/mol. The maximum Gasteiger partial charge on any atom is 0.123 e. The molecule has 0 saturated heterocycles. The number of hydrogen-bond donors (Lipinski definition) is 3. The van der Waals surface area contributed by atoms with E-state index in [1.54, 1.807) is 0 Å². The van der Waals surface area contributed by atoms with E-state index < -0.39 is 0 Å². The van der Waals surface area contributed by atoms with Gasteiger partial charge < -0.3 is 15.5 Å². The van der Waals surface area contributed by atoms with Crippen molar-refractivity contribution in [3.63, 3.8) is 0 Å². The van der Waals surface area contributed by atoms with Gasteiger partial charge in [0.2, 0.25) is 0 Å². The molecule has 0 heterocycles. The van der Waals surface area contributed by atoms with E-state index in [0.717, 1.165) is 56.3 Å². The second kappa shape index (κ2) is 9.82. The molecule has 3 heteroatoms. The lowest BCUT2D eigenvalue weighted by Gasteiger charge is -2.32. The van der Waals surface area contributed by atoms with E-state index in [0.29, 0.717) is 5.56 Å². The summed E-state index contributed by atoms with van der Waals surface area (Å²) in [7, 11) is 0. The third kappa shape index (κ3) is 5.14. The lowest BCUT2D eigenvalue weighted by Crippen LogP contribution is -2.25. The fourth-order valence-electron chi connectivity index (χ4n) is 3.97. The summed E-state index contributed by atoms with van der Waals surface area (Å²) in [5.74, 6) is 0.655. The molecule has 2 rings (SSSR count). The molecule has 0 spiro atoms. The summed E-state index contributed by atoms with van der Waals surface area (Å²) in [4.78, 5) is 0. The van der Waals surface area contributed by atoms with E-state index in [-0.39, 0.29) is 23.3 Å². The van der Waals surface area contributed by atoms with Crippen molar-refractivity contribution in [1.82, 2.24) is 5.32 Å². The van der Waals surface area contributed by atoms with Crippen LogP contribution < -0.4 is 5.32 Å². The second-order valence-electron chi connectivity index (χ2n) is 7.63. The molecule has 144 valence electrons. The number of rotatable bonds is 9. The number of nitrogens with one attached hydrogen (secondary N) is 1. The van der Waals surface area contributed by atoms with Crippen LogP contribution in [0.15, 0.2) is 35.9 Å². The molecule has 0 bridgehead atoms. The lowest BCUT2D eigenvalue weighted by molar-refractivity contribution is 0.402. The largest absolute Gasteiger partial charge is 0.507 e. The zero-order valence-corrected chi connectivity index (χ0v) is 16.6. The van der Waals surface area contributed by atoms with Gasteiger partial charge in [-0.25, -0.2) is 0 Å². The molecule has 0 aromatic heterocycles. The Morgan fingerprint density at radius 3 is 2.50 bits per heavy atom. The van der Waals surface area contributed by atoms with Gasteiger partial charge in [0, 0.05) is 18.0 Å². The highest BCUT2D eigenvalue weighted by molar-refractivity contribution is 5.52. The Kier molecular flexibility index (Phi) is 7.77. The number of phenolic OH excluding ortho intramolecular Hbond substituents is 2. The van der Waals surface area contributed by atoms with Crippen LogP contribution in [0.4, 0.5) is 0 Å². The summed E-state index contributed by atoms with van der Waals surface area (Å²) < 4.78 is 0. The first-order valence-electron chi connectivity index (χ1n) is 10.1. The van der Waals surface area contributed by atoms with Crippen molar-refractivity contribution in [2.24, 2.45) is 5.92 Å². The van der Waals surface area contributed by atoms with Gasteiger partial charge in [-0.15, -0.1) is 0 Å². The Hall–Kier alpha value is -1.74. The van der Waals surface area contributed by atoms with E-state index in [2.05, 4.69) is 38.7 Å². The van der Waals surface area contributed by atoms with Gasteiger partial charge in [-0.2, -0.15) is 0 Å². The lowest BCUT2D eigenvalue weighted by atomic mass is 9.73. The Morgan fingerprint density at radius 1 is 1.19 bits per heavy atom. The molecule has 1 aromatic rings. The Bertz CT molecular complexity index is 625. The number of aryl methyl sites for hydroxylation is 1. The highest BCUT2D eigenvalue weighted by Crippen LogP contribution is 2.46. The van der Waals surface area contributed by atoms with Crippen LogP contribution in [0.2, 0.25) is 0 Å². The van der Waals surface area contributed by atoms with E-state index in [1.165, 1.54) is 12.0 Å². The topological polar surface area (TPSA) is 52.5 Å². The quantitative estimate of drug-likeness (QED) is 0.408. The molecule has 1 aromatic carbocycles. The summed E-state index contributed by atoms with van der Waals surface area (Å²) in [5.41, 5.74) is 4.13. The maximum atomic E-state index is 10.7. The summed E-state index contributed by atoms with van der Waals surface area (Å²) in [6.45, 7) is 12.4. The third-order valence-electron chi connectivity index (χ3n) is 5.47. The second-order valence-corrected chi connectivity index (χ2v) is 7.63.